The number of fused-ring (bicyclic) bond motifs is 1. The number of nitrogens with zero attached hydrogens (tertiary/aromatic N) is 4. The highest BCUT2D eigenvalue weighted by Crippen LogP contribution is 2.27. The number of imide groups is 1. The van der Waals surface area contributed by atoms with Crippen molar-refractivity contribution in [2.45, 2.75) is 0 Å². The molecule has 3 amide bonds. The van der Waals surface area contributed by atoms with E-state index in [1.54, 1.807) is 24.3 Å². The minimum Gasteiger partial charge on any atom is -0.378 e. The molecule has 29 heavy (non-hydrogen) atoms. The van der Waals surface area contributed by atoms with Crippen LogP contribution in [0.3, 0.4) is 0 Å². The molecule has 8 heteroatoms. The summed E-state index contributed by atoms with van der Waals surface area (Å²) in [6, 6.07) is 13.7. The summed E-state index contributed by atoms with van der Waals surface area (Å²) >= 11 is 0. The first-order chi connectivity index (χ1) is 14.0. The number of benzene rings is 2. The van der Waals surface area contributed by atoms with E-state index in [1.807, 2.05) is 43.3 Å². The van der Waals surface area contributed by atoms with E-state index < -0.39 is 11.8 Å². The quantitative estimate of drug-likeness (QED) is 0.692. The van der Waals surface area contributed by atoms with Crippen LogP contribution < -0.4 is 15.1 Å². The van der Waals surface area contributed by atoms with E-state index in [9.17, 15) is 14.4 Å². The third kappa shape index (κ3) is 3.31. The SMILES string of the molecule is CN(C)c1ccc(NC(=O)c2ccc(N3C(=O)c4cncnc4C3=O)cc2)cc1. The topological polar surface area (TPSA) is 95.5 Å². The highest BCUT2D eigenvalue weighted by Gasteiger charge is 2.38. The zero-order chi connectivity index (χ0) is 20.5. The van der Waals surface area contributed by atoms with Crippen LogP contribution in [-0.4, -0.2) is 41.8 Å². The van der Waals surface area contributed by atoms with Gasteiger partial charge >= 0.3 is 0 Å². The van der Waals surface area contributed by atoms with Crippen molar-refractivity contribution in [2.75, 3.05) is 29.2 Å². The summed E-state index contributed by atoms with van der Waals surface area (Å²) < 4.78 is 0. The largest absolute Gasteiger partial charge is 0.378 e. The molecule has 0 radical (unpaired) electrons. The van der Waals surface area contributed by atoms with Gasteiger partial charge in [-0.25, -0.2) is 14.9 Å². The molecular formula is C21H17N5O3. The molecule has 0 atom stereocenters. The highest BCUT2D eigenvalue weighted by molar-refractivity contribution is 6.33. The van der Waals surface area contributed by atoms with E-state index >= 15 is 0 Å². The average molecular weight is 387 g/mol. The van der Waals surface area contributed by atoms with E-state index in [0.29, 0.717) is 16.9 Å². The lowest BCUT2D eigenvalue weighted by molar-refractivity contribution is 0.0924. The summed E-state index contributed by atoms with van der Waals surface area (Å²) in [6.07, 6.45) is 2.55. The molecule has 1 aliphatic rings. The number of aromatic nitrogens is 2. The van der Waals surface area contributed by atoms with Crippen molar-refractivity contribution in [2.24, 2.45) is 0 Å². The molecule has 1 aromatic heterocycles. The molecule has 2 heterocycles. The number of anilines is 3. The van der Waals surface area contributed by atoms with Crippen LogP contribution in [0.2, 0.25) is 0 Å². The Hall–Kier alpha value is -4.07. The number of rotatable bonds is 4. The monoisotopic (exact) mass is 387 g/mol. The Morgan fingerprint density at radius 1 is 0.966 bits per heavy atom. The molecule has 3 aromatic rings. The second kappa shape index (κ2) is 7.16. The van der Waals surface area contributed by atoms with E-state index in [1.165, 1.54) is 12.5 Å². The summed E-state index contributed by atoms with van der Waals surface area (Å²) in [4.78, 5) is 48.1. The van der Waals surface area contributed by atoms with Gasteiger partial charge in [0.2, 0.25) is 0 Å². The summed E-state index contributed by atoms with van der Waals surface area (Å²) in [5.74, 6) is -1.28. The molecule has 0 saturated heterocycles. The number of nitrogens with one attached hydrogen (secondary N) is 1. The predicted octanol–water partition coefficient (Wildman–Crippen LogP) is 2.60. The van der Waals surface area contributed by atoms with Gasteiger partial charge in [0.1, 0.15) is 12.0 Å². The molecular weight excluding hydrogens is 370 g/mol. The van der Waals surface area contributed by atoms with E-state index in [2.05, 4.69) is 15.3 Å². The molecule has 2 aromatic carbocycles. The minimum absolute atomic E-state index is 0.0768. The van der Waals surface area contributed by atoms with Gasteiger partial charge in [-0.15, -0.1) is 0 Å². The number of hydrogen-bond donors (Lipinski definition) is 1. The second-order valence-electron chi connectivity index (χ2n) is 6.67. The van der Waals surface area contributed by atoms with Crippen LogP contribution in [0, 0.1) is 0 Å². The average Bonchev–Trinajstić information content (AvgIpc) is 2.99. The van der Waals surface area contributed by atoms with Gasteiger partial charge in [0.25, 0.3) is 17.7 Å². The van der Waals surface area contributed by atoms with Crippen LogP contribution in [-0.2, 0) is 0 Å². The Bertz CT molecular complexity index is 1070. The molecule has 0 bridgehead atoms. The molecule has 0 fully saturated rings. The Morgan fingerprint density at radius 2 is 1.66 bits per heavy atom. The van der Waals surface area contributed by atoms with Gasteiger partial charge in [-0.1, -0.05) is 0 Å². The zero-order valence-corrected chi connectivity index (χ0v) is 15.8. The maximum atomic E-state index is 12.5. The normalized spacial score (nSPS) is 12.7. The third-order valence-corrected chi connectivity index (χ3v) is 4.58. The number of hydrogen-bond acceptors (Lipinski definition) is 6. The van der Waals surface area contributed by atoms with Gasteiger partial charge in [-0.2, -0.15) is 0 Å². The van der Waals surface area contributed by atoms with Crippen LogP contribution >= 0.6 is 0 Å². The van der Waals surface area contributed by atoms with Gasteiger partial charge < -0.3 is 10.2 Å². The molecule has 0 aliphatic carbocycles. The summed E-state index contributed by atoms with van der Waals surface area (Å²) in [5.41, 5.74) is 2.71. The molecule has 0 saturated carbocycles. The molecule has 1 N–H and O–H groups in total. The van der Waals surface area contributed by atoms with Crippen molar-refractivity contribution in [3.63, 3.8) is 0 Å². The number of carbonyl (C=O) groups is 3. The first-order valence-electron chi connectivity index (χ1n) is 8.83. The van der Waals surface area contributed by atoms with Crippen LogP contribution in [0.5, 0.6) is 0 Å². The van der Waals surface area contributed by atoms with Crippen molar-refractivity contribution in [1.82, 2.24) is 9.97 Å². The molecule has 144 valence electrons. The smallest absolute Gasteiger partial charge is 0.284 e. The lowest BCUT2D eigenvalue weighted by atomic mass is 10.1. The Balaban J connectivity index is 1.50. The van der Waals surface area contributed by atoms with E-state index in [-0.39, 0.29) is 17.2 Å². The van der Waals surface area contributed by atoms with Gasteiger partial charge in [-0.3, -0.25) is 14.4 Å². The first-order valence-corrected chi connectivity index (χ1v) is 8.83. The number of carbonyl (C=O) groups excluding carboxylic acids is 3. The molecule has 0 unspecified atom stereocenters. The maximum Gasteiger partial charge on any atom is 0.284 e. The minimum atomic E-state index is -0.509. The fraction of sp³-hybridized carbons (Fsp3) is 0.0952. The van der Waals surface area contributed by atoms with Crippen molar-refractivity contribution >= 4 is 34.8 Å². The van der Waals surface area contributed by atoms with E-state index in [0.717, 1.165) is 10.6 Å². The fourth-order valence-corrected chi connectivity index (χ4v) is 3.02. The maximum absolute atomic E-state index is 12.5. The summed E-state index contributed by atoms with van der Waals surface area (Å²) in [5, 5.41) is 2.82. The summed E-state index contributed by atoms with van der Waals surface area (Å²) in [6.45, 7) is 0. The molecule has 4 rings (SSSR count). The molecule has 0 spiro atoms. The highest BCUT2D eigenvalue weighted by atomic mass is 16.2. The van der Waals surface area contributed by atoms with Gasteiger partial charge in [0.05, 0.1) is 11.3 Å². The Morgan fingerprint density at radius 3 is 2.28 bits per heavy atom. The van der Waals surface area contributed by atoms with Crippen molar-refractivity contribution in [1.29, 1.82) is 0 Å². The zero-order valence-electron chi connectivity index (χ0n) is 15.8. The molecule has 8 nitrogen and oxygen atoms in total. The summed E-state index contributed by atoms with van der Waals surface area (Å²) in [7, 11) is 3.88. The van der Waals surface area contributed by atoms with Gasteiger partial charge in [-0.05, 0) is 48.5 Å². The lowest BCUT2D eigenvalue weighted by Gasteiger charge is -2.14. The first kappa shape index (κ1) is 18.3. The van der Waals surface area contributed by atoms with Crippen LogP contribution in [0.15, 0.2) is 61.1 Å². The van der Waals surface area contributed by atoms with Gasteiger partial charge in [0.15, 0.2) is 0 Å². The predicted molar refractivity (Wildman–Crippen MR) is 108 cm³/mol. The Kier molecular flexibility index (Phi) is 4.52. The second-order valence-corrected chi connectivity index (χ2v) is 6.67. The number of amides is 3. The van der Waals surface area contributed by atoms with E-state index in [4.69, 9.17) is 0 Å². The third-order valence-electron chi connectivity index (χ3n) is 4.58. The van der Waals surface area contributed by atoms with Gasteiger partial charge in [0, 0.05) is 37.2 Å². The lowest BCUT2D eigenvalue weighted by Crippen LogP contribution is -2.29. The standard InChI is InChI=1S/C21H17N5O3/c1-25(2)15-9-5-14(6-10-15)24-19(27)13-3-7-16(8-4-13)26-20(28)17-11-22-12-23-18(17)21(26)29/h3-12H,1-2H3,(H,24,27). The van der Waals surface area contributed by atoms with Crippen molar-refractivity contribution in [3.8, 4) is 0 Å². The fourth-order valence-electron chi connectivity index (χ4n) is 3.02. The Labute approximate surface area is 166 Å². The van der Waals surface area contributed by atoms with Crippen LogP contribution in [0.25, 0.3) is 0 Å². The van der Waals surface area contributed by atoms with Crippen LogP contribution in [0.4, 0.5) is 17.1 Å². The van der Waals surface area contributed by atoms with Crippen molar-refractivity contribution in [3.05, 3.63) is 77.9 Å². The molecule has 1 aliphatic heterocycles. The van der Waals surface area contributed by atoms with Crippen molar-refractivity contribution < 1.29 is 14.4 Å². The van der Waals surface area contributed by atoms with Crippen LogP contribution in [0.1, 0.15) is 31.2 Å².